The molecule has 0 spiro atoms. The van der Waals surface area contributed by atoms with Crippen molar-refractivity contribution in [2.75, 3.05) is 47.6 Å². The van der Waals surface area contributed by atoms with Gasteiger partial charge in [-0.15, -0.1) is 0 Å². The average molecular weight is 388 g/mol. The Labute approximate surface area is 153 Å². The first-order chi connectivity index (χ1) is 12.3. The summed E-state index contributed by atoms with van der Waals surface area (Å²) in [7, 11) is 0.184. The Kier molecular flexibility index (Phi) is 8.66. The molecule has 0 unspecified atom stereocenters. The molecule has 0 bridgehead atoms. The standard InChI is InChI=1S/C16H24N2O7S/c1-5-25-15(19)12-18(10-11-23-3)16(20)13-6-8-14(9-7-13)26(21,22)17(2)24-4/h6-9H,5,10-12H2,1-4H3. The number of ether oxygens (including phenoxy) is 2. The number of sulfonamides is 1. The van der Waals surface area contributed by atoms with Gasteiger partial charge in [-0.2, -0.15) is 0 Å². The monoisotopic (exact) mass is 388 g/mol. The number of carbonyl (C=O) groups is 2. The number of methoxy groups -OCH3 is 1. The zero-order chi connectivity index (χ0) is 19.7. The van der Waals surface area contributed by atoms with Crippen LogP contribution < -0.4 is 0 Å². The summed E-state index contributed by atoms with van der Waals surface area (Å²) in [5.74, 6) is -0.961. The second-order valence-electron chi connectivity index (χ2n) is 5.15. The number of hydrogen-bond acceptors (Lipinski definition) is 7. The van der Waals surface area contributed by atoms with E-state index in [1.165, 1.54) is 50.4 Å². The van der Waals surface area contributed by atoms with E-state index in [1.54, 1.807) is 6.92 Å². The minimum atomic E-state index is -3.80. The highest BCUT2D eigenvalue weighted by Crippen LogP contribution is 2.16. The van der Waals surface area contributed by atoms with Gasteiger partial charge in [0.15, 0.2) is 0 Å². The van der Waals surface area contributed by atoms with Crippen LogP contribution in [0, 0.1) is 0 Å². The van der Waals surface area contributed by atoms with Crippen molar-refractivity contribution >= 4 is 21.9 Å². The van der Waals surface area contributed by atoms with Gasteiger partial charge in [0.2, 0.25) is 0 Å². The van der Waals surface area contributed by atoms with Crippen molar-refractivity contribution in [3.8, 4) is 0 Å². The van der Waals surface area contributed by atoms with Crippen molar-refractivity contribution < 1.29 is 32.3 Å². The van der Waals surface area contributed by atoms with Gasteiger partial charge in [-0.25, -0.2) is 8.42 Å². The molecular weight excluding hydrogens is 364 g/mol. The lowest BCUT2D eigenvalue weighted by atomic mass is 10.2. The molecule has 1 rings (SSSR count). The third kappa shape index (κ3) is 5.77. The summed E-state index contributed by atoms with van der Waals surface area (Å²) in [6.45, 7) is 2.11. The van der Waals surface area contributed by atoms with Crippen molar-refractivity contribution in [2.45, 2.75) is 11.8 Å². The summed E-state index contributed by atoms with van der Waals surface area (Å²) < 4.78 is 34.9. The van der Waals surface area contributed by atoms with E-state index >= 15 is 0 Å². The number of hydroxylamine groups is 1. The van der Waals surface area contributed by atoms with Gasteiger partial charge < -0.3 is 14.4 Å². The van der Waals surface area contributed by atoms with Crippen LogP contribution in [0.15, 0.2) is 29.2 Å². The minimum Gasteiger partial charge on any atom is -0.465 e. The zero-order valence-corrected chi connectivity index (χ0v) is 16.1. The first kappa shape index (κ1) is 22.0. The molecule has 0 aliphatic carbocycles. The highest BCUT2D eigenvalue weighted by atomic mass is 32.2. The van der Waals surface area contributed by atoms with Crippen LogP contribution in [-0.2, 0) is 29.1 Å². The van der Waals surface area contributed by atoms with Crippen molar-refractivity contribution in [1.29, 1.82) is 0 Å². The van der Waals surface area contributed by atoms with E-state index in [9.17, 15) is 18.0 Å². The van der Waals surface area contributed by atoms with Gasteiger partial charge in [0.25, 0.3) is 15.9 Å². The quantitative estimate of drug-likeness (QED) is 0.425. The number of rotatable bonds is 10. The first-order valence-corrected chi connectivity index (χ1v) is 9.28. The van der Waals surface area contributed by atoms with E-state index in [0.717, 1.165) is 4.47 Å². The molecule has 0 heterocycles. The maximum Gasteiger partial charge on any atom is 0.325 e. The van der Waals surface area contributed by atoms with Crippen molar-refractivity contribution in [3.63, 3.8) is 0 Å². The molecule has 0 aliphatic heterocycles. The number of carbonyl (C=O) groups excluding carboxylic acids is 2. The van der Waals surface area contributed by atoms with E-state index in [4.69, 9.17) is 14.3 Å². The Hall–Kier alpha value is -2.01. The smallest absolute Gasteiger partial charge is 0.325 e. The number of esters is 1. The minimum absolute atomic E-state index is 0.0211. The Bertz CT molecular complexity index is 704. The molecule has 0 fully saturated rings. The number of amides is 1. The number of nitrogens with zero attached hydrogens (tertiary/aromatic N) is 2. The van der Waals surface area contributed by atoms with Crippen LogP contribution in [-0.4, -0.2) is 77.2 Å². The molecule has 0 atom stereocenters. The van der Waals surface area contributed by atoms with Crippen LogP contribution in [0.5, 0.6) is 0 Å². The molecule has 0 saturated carbocycles. The van der Waals surface area contributed by atoms with Crippen LogP contribution in [0.4, 0.5) is 0 Å². The number of hydrogen-bond donors (Lipinski definition) is 0. The molecule has 0 radical (unpaired) electrons. The molecule has 146 valence electrons. The summed E-state index contributed by atoms with van der Waals surface area (Å²) in [6.07, 6.45) is 0. The molecule has 10 heteroatoms. The molecule has 0 aromatic heterocycles. The lowest BCUT2D eigenvalue weighted by Crippen LogP contribution is -2.38. The summed E-state index contributed by atoms with van der Waals surface area (Å²) in [5.41, 5.74) is 0.240. The highest BCUT2D eigenvalue weighted by molar-refractivity contribution is 7.89. The topological polar surface area (TPSA) is 102 Å². The predicted molar refractivity (Wildman–Crippen MR) is 92.8 cm³/mol. The second-order valence-corrected chi connectivity index (χ2v) is 7.08. The van der Waals surface area contributed by atoms with Crippen molar-refractivity contribution in [1.82, 2.24) is 9.37 Å². The summed E-state index contributed by atoms with van der Waals surface area (Å²) in [4.78, 5) is 30.3. The van der Waals surface area contributed by atoms with Crippen LogP contribution in [0.3, 0.4) is 0 Å². The largest absolute Gasteiger partial charge is 0.465 e. The third-order valence-electron chi connectivity index (χ3n) is 3.47. The second kappa shape index (κ2) is 10.2. The zero-order valence-electron chi connectivity index (χ0n) is 15.3. The molecular formula is C16H24N2O7S. The van der Waals surface area contributed by atoms with E-state index < -0.39 is 21.9 Å². The Morgan fingerprint density at radius 2 is 1.73 bits per heavy atom. The van der Waals surface area contributed by atoms with E-state index in [2.05, 4.69) is 0 Å². The predicted octanol–water partition coefficient (Wildman–Crippen LogP) is 0.520. The van der Waals surface area contributed by atoms with Gasteiger partial charge in [0, 0.05) is 26.3 Å². The van der Waals surface area contributed by atoms with Gasteiger partial charge in [0.05, 0.1) is 25.2 Å². The first-order valence-electron chi connectivity index (χ1n) is 7.84. The molecule has 1 aromatic rings. The average Bonchev–Trinajstić information content (AvgIpc) is 2.64. The molecule has 0 aliphatic rings. The maximum absolute atomic E-state index is 12.6. The number of benzene rings is 1. The molecule has 0 saturated heterocycles. The van der Waals surface area contributed by atoms with Crippen LogP contribution in [0.2, 0.25) is 0 Å². The van der Waals surface area contributed by atoms with E-state index in [0.29, 0.717) is 0 Å². The summed E-state index contributed by atoms with van der Waals surface area (Å²) >= 11 is 0. The molecule has 26 heavy (non-hydrogen) atoms. The van der Waals surface area contributed by atoms with Crippen molar-refractivity contribution in [2.24, 2.45) is 0 Å². The van der Waals surface area contributed by atoms with Gasteiger partial charge >= 0.3 is 5.97 Å². The molecule has 1 aromatic carbocycles. The highest BCUT2D eigenvalue weighted by Gasteiger charge is 2.23. The van der Waals surface area contributed by atoms with Gasteiger partial charge in [-0.3, -0.25) is 14.4 Å². The van der Waals surface area contributed by atoms with Gasteiger partial charge in [0.1, 0.15) is 6.54 Å². The normalized spacial score (nSPS) is 11.4. The Morgan fingerprint density at radius 3 is 2.23 bits per heavy atom. The lowest BCUT2D eigenvalue weighted by molar-refractivity contribution is -0.143. The molecule has 9 nitrogen and oxygen atoms in total. The maximum atomic E-state index is 12.6. The van der Waals surface area contributed by atoms with E-state index in [1.807, 2.05) is 0 Å². The summed E-state index contributed by atoms with van der Waals surface area (Å²) in [6, 6.07) is 5.36. The van der Waals surface area contributed by atoms with Gasteiger partial charge in [-0.1, -0.05) is 4.47 Å². The molecule has 1 amide bonds. The third-order valence-corrected chi connectivity index (χ3v) is 5.17. The Morgan fingerprint density at radius 1 is 1.12 bits per heavy atom. The fourth-order valence-corrected chi connectivity index (χ4v) is 2.99. The van der Waals surface area contributed by atoms with Crippen LogP contribution in [0.1, 0.15) is 17.3 Å². The SMILES string of the molecule is CCOC(=O)CN(CCOC)C(=O)c1ccc(S(=O)(=O)N(C)OC)cc1. The van der Waals surface area contributed by atoms with E-state index in [-0.39, 0.29) is 36.8 Å². The van der Waals surface area contributed by atoms with Crippen LogP contribution in [0.25, 0.3) is 0 Å². The fraction of sp³-hybridized carbons (Fsp3) is 0.500. The lowest BCUT2D eigenvalue weighted by Gasteiger charge is -2.21. The van der Waals surface area contributed by atoms with Crippen LogP contribution >= 0.6 is 0 Å². The van der Waals surface area contributed by atoms with Crippen molar-refractivity contribution in [3.05, 3.63) is 29.8 Å². The summed E-state index contributed by atoms with van der Waals surface area (Å²) in [5, 5.41) is 0. The van der Waals surface area contributed by atoms with Gasteiger partial charge in [-0.05, 0) is 31.2 Å². The fourth-order valence-electron chi connectivity index (χ4n) is 2.01. The Balaban J connectivity index is 2.99. The molecule has 0 N–H and O–H groups in total.